The lowest BCUT2D eigenvalue weighted by atomic mass is 9.29. The summed E-state index contributed by atoms with van der Waals surface area (Å²) in [5.74, 6) is -5.28. The molecule has 18 heteroatoms. The number of nitrogens with zero attached hydrogens (tertiary/aromatic N) is 5. The Hall–Kier alpha value is -11.9. The maximum absolute atomic E-state index is 18.1. The van der Waals surface area contributed by atoms with E-state index in [-0.39, 0.29) is 45.4 Å². The summed E-state index contributed by atoms with van der Waals surface area (Å²) < 4.78 is 146. The topological polar surface area (TPSA) is 37.5 Å². The zero-order valence-corrected chi connectivity index (χ0v) is 52.7. The molecule has 6 aliphatic heterocycles. The Labute approximate surface area is 564 Å². The lowest BCUT2D eigenvalue weighted by Crippen LogP contribution is -2.66. The van der Waals surface area contributed by atoms with Crippen LogP contribution in [0.5, 0.6) is 11.5 Å². The smallest absolute Gasteiger partial charge is 0.256 e. The molecule has 13 aromatic carbocycles. The van der Waals surface area contributed by atoms with Crippen LogP contribution in [0.1, 0.15) is 16.7 Å². The summed E-state index contributed by atoms with van der Waals surface area (Å²) in [6, 6.07) is 68.5. The number of benzene rings is 13. The van der Waals surface area contributed by atoms with Gasteiger partial charge in [-0.15, -0.1) is 0 Å². The van der Waals surface area contributed by atoms with Crippen LogP contribution in [0, 0.1) is 54.6 Å². The van der Waals surface area contributed by atoms with Gasteiger partial charge < -0.3 is 34.6 Å². The van der Waals surface area contributed by atoms with Gasteiger partial charge in [-0.3, -0.25) is 0 Å². The molecule has 1 N–H and O–H groups in total. The van der Waals surface area contributed by atoms with Gasteiger partial charge in [0, 0.05) is 79.5 Å². The van der Waals surface area contributed by atoms with E-state index in [0.29, 0.717) is 78.3 Å². The normalized spacial score (nSPS) is 13.7. The van der Waals surface area contributed by atoms with Crippen molar-refractivity contribution in [1.29, 1.82) is 0 Å². The quantitative estimate of drug-likeness (QED) is 0.120. The fraction of sp³-hybridized carbons (Fsp3) is 0.0370. The number of halogens is 8. The minimum absolute atomic E-state index is 0.0530. The molecule has 0 saturated heterocycles. The third-order valence-corrected chi connectivity index (χ3v) is 20.2. The molecule has 0 atom stereocenters. The van der Waals surface area contributed by atoms with E-state index >= 15 is 35.1 Å². The Bertz CT molecular complexity index is 5610. The van der Waals surface area contributed by atoms with Gasteiger partial charge in [0.25, 0.3) is 20.1 Å². The minimum atomic E-state index is -1.15. The Morgan fingerprint density at radius 3 is 1.22 bits per heavy atom. The van der Waals surface area contributed by atoms with Gasteiger partial charge in [-0.1, -0.05) is 115 Å². The van der Waals surface area contributed by atoms with Crippen LogP contribution in [0.4, 0.5) is 132 Å². The summed E-state index contributed by atoms with van der Waals surface area (Å²) in [6.45, 7) is 0.233. The van der Waals surface area contributed by atoms with E-state index in [1.54, 1.807) is 28.0 Å². The second-order valence-electron chi connectivity index (χ2n) is 25.9. The fourth-order valence-electron chi connectivity index (χ4n) is 16.5. The predicted octanol–water partition coefficient (Wildman–Crippen LogP) is 16.1. The molecule has 19 rings (SSSR count). The fourth-order valence-corrected chi connectivity index (χ4v) is 16.5. The van der Waals surface area contributed by atoms with Crippen molar-refractivity contribution in [1.82, 2.24) is 0 Å². The highest BCUT2D eigenvalue weighted by molar-refractivity contribution is 7.04. The molecular weight excluding hydrogens is 1260 g/mol. The molecular formula is C81H49B3F8N6O. The molecule has 6 heterocycles. The van der Waals surface area contributed by atoms with Crippen LogP contribution >= 0.6 is 0 Å². The van der Waals surface area contributed by atoms with Gasteiger partial charge in [0.2, 0.25) is 0 Å². The van der Waals surface area contributed by atoms with Gasteiger partial charge in [-0.05, 0) is 202 Å². The second kappa shape index (κ2) is 21.8. The minimum Gasteiger partial charge on any atom is -0.458 e. The molecule has 0 saturated carbocycles. The van der Waals surface area contributed by atoms with Crippen molar-refractivity contribution in [2.75, 3.05) is 29.8 Å². The largest absolute Gasteiger partial charge is 0.458 e. The molecule has 0 aliphatic carbocycles. The molecule has 0 fully saturated rings. The molecule has 99 heavy (non-hydrogen) atoms. The summed E-state index contributed by atoms with van der Waals surface area (Å²) in [5.41, 5.74) is 11.0. The Balaban J connectivity index is 0.994. The molecule has 13 aromatic rings. The first kappa shape index (κ1) is 58.4. The van der Waals surface area contributed by atoms with Crippen molar-refractivity contribution in [2.24, 2.45) is 0 Å². The average molecular weight is 1310 g/mol. The zero-order valence-electron chi connectivity index (χ0n) is 52.7. The number of hydrogen-bond donors (Lipinski definition) is 1. The molecule has 0 bridgehead atoms. The third-order valence-electron chi connectivity index (χ3n) is 20.2. The molecule has 0 unspecified atom stereocenters. The lowest BCUT2D eigenvalue weighted by molar-refractivity contribution is 0.483. The van der Waals surface area contributed by atoms with Crippen LogP contribution < -0.4 is 83.7 Å². The molecule has 0 aromatic heterocycles. The van der Waals surface area contributed by atoms with Crippen LogP contribution in [0.2, 0.25) is 0 Å². The SMILES string of the molecule is Cc1cc2c3c(c1)N(c1c(F)cccc1F)c1cc4c(cc1B3c1ccccc1O2)B1c2cc3c(cc2N(c2c(F)cccc2CF)c2cc(Nc5ccccc5)cc(c21)N4c1c(F)cccc1F)N(c1c(F)cccc1F)c1cc(C)cc2c1B3c1ccccc1N2c1ccccc1. The second-order valence-corrected chi connectivity index (χ2v) is 25.9. The van der Waals surface area contributed by atoms with Gasteiger partial charge in [-0.2, -0.15) is 0 Å². The third kappa shape index (κ3) is 8.47. The van der Waals surface area contributed by atoms with Crippen molar-refractivity contribution in [3.05, 3.63) is 300 Å². The molecule has 6 aliphatic rings. The van der Waals surface area contributed by atoms with Gasteiger partial charge in [0.1, 0.15) is 76.0 Å². The highest BCUT2D eigenvalue weighted by atomic mass is 19.2. The van der Waals surface area contributed by atoms with E-state index in [9.17, 15) is 0 Å². The highest BCUT2D eigenvalue weighted by Gasteiger charge is 2.52. The summed E-state index contributed by atoms with van der Waals surface area (Å²) >= 11 is 0. The average Bonchev–Trinajstić information content (AvgIpc) is 0.682. The predicted molar refractivity (Wildman–Crippen MR) is 384 cm³/mol. The van der Waals surface area contributed by atoms with E-state index in [0.717, 1.165) is 51.1 Å². The zero-order chi connectivity index (χ0) is 67.0. The van der Waals surface area contributed by atoms with Gasteiger partial charge in [-0.25, -0.2) is 35.1 Å². The van der Waals surface area contributed by atoms with E-state index < -0.39 is 78.9 Å². The van der Waals surface area contributed by atoms with E-state index in [1.807, 2.05) is 159 Å². The van der Waals surface area contributed by atoms with Crippen molar-refractivity contribution in [3.8, 4) is 11.5 Å². The van der Waals surface area contributed by atoms with E-state index in [4.69, 9.17) is 4.74 Å². The number of nitrogens with one attached hydrogen (secondary N) is 1. The first-order chi connectivity index (χ1) is 48.3. The number of rotatable bonds is 8. The van der Waals surface area contributed by atoms with Crippen LogP contribution in [-0.4, -0.2) is 20.1 Å². The Morgan fingerprint density at radius 2 is 0.697 bits per heavy atom. The standard InChI is InChI=1S/C81H49B3F8N6O/c1-44-33-68-75-69(34-44)96(79-57(87)25-14-26-58(79)88)65-41-64-54(39-52(65)82(75)50-22-9-11-31-63(50)94(68)49-20-7-4-8-21-49)84-55-40-53-66(97(80-59(89)27-15-28-60(80)90)70-35-45(2)36-74-77(70)83(53)51-23-10-12-32-73(51)99-74)42-67(55)98(81-61(91)29-16-30-62(81)92)72-38-48(93-47-18-5-3-6-19-47)37-71(76(72)84)95(64)78-46(43-85)17-13-24-56(78)86/h3-42,93H,43H2,1-2H3. The van der Waals surface area contributed by atoms with Crippen LogP contribution in [0.3, 0.4) is 0 Å². The number of hydrogen-bond acceptors (Lipinski definition) is 7. The Morgan fingerprint density at radius 1 is 0.303 bits per heavy atom. The van der Waals surface area contributed by atoms with E-state index in [1.165, 1.54) is 70.5 Å². The summed E-state index contributed by atoms with van der Waals surface area (Å²) in [7, 11) is 0. The number of fused-ring (bicyclic) bond motifs is 12. The van der Waals surface area contributed by atoms with Crippen molar-refractivity contribution >= 4 is 166 Å². The highest BCUT2D eigenvalue weighted by Crippen LogP contribution is 2.54. The molecule has 7 nitrogen and oxygen atoms in total. The summed E-state index contributed by atoms with van der Waals surface area (Å²) in [6.07, 6.45) is 0. The molecule has 0 spiro atoms. The summed E-state index contributed by atoms with van der Waals surface area (Å²) in [5, 5.41) is 3.52. The monoisotopic (exact) mass is 1310 g/mol. The van der Waals surface area contributed by atoms with Gasteiger partial charge in [0.05, 0.1) is 5.69 Å². The first-order valence-electron chi connectivity index (χ1n) is 32.5. The number of aryl methyl sites for hydroxylation is 2. The van der Waals surface area contributed by atoms with Crippen molar-refractivity contribution in [3.63, 3.8) is 0 Å². The van der Waals surface area contributed by atoms with Crippen molar-refractivity contribution in [2.45, 2.75) is 20.5 Å². The number of anilines is 17. The maximum atomic E-state index is 18.1. The maximum Gasteiger partial charge on any atom is 0.256 e. The molecule has 474 valence electrons. The lowest BCUT2D eigenvalue weighted by Gasteiger charge is -2.48. The summed E-state index contributed by atoms with van der Waals surface area (Å²) in [4.78, 5) is 8.41. The molecule has 0 amide bonds. The number of para-hydroxylation sites is 8. The Kier molecular flexibility index (Phi) is 12.9. The number of alkyl halides is 1. The first-order valence-corrected chi connectivity index (χ1v) is 32.5. The van der Waals surface area contributed by atoms with E-state index in [2.05, 4.69) is 16.3 Å². The van der Waals surface area contributed by atoms with Gasteiger partial charge >= 0.3 is 0 Å². The van der Waals surface area contributed by atoms with Crippen LogP contribution in [-0.2, 0) is 6.67 Å². The van der Waals surface area contributed by atoms with Gasteiger partial charge in [0.15, 0.2) is 0 Å². The number of ether oxygens (including phenoxy) is 1. The molecule has 0 radical (unpaired) electrons. The van der Waals surface area contributed by atoms with Crippen molar-refractivity contribution < 1.29 is 39.9 Å². The van der Waals surface area contributed by atoms with Crippen LogP contribution in [0.25, 0.3) is 0 Å². The van der Waals surface area contributed by atoms with Crippen LogP contribution in [0.15, 0.2) is 243 Å².